The molecule has 5 nitrogen and oxygen atoms in total. The number of carbonyl (C=O) groups is 1. The van der Waals surface area contributed by atoms with Crippen LogP contribution in [0.15, 0.2) is 5.18 Å². The van der Waals surface area contributed by atoms with Gasteiger partial charge in [-0.05, 0) is 13.3 Å². The van der Waals surface area contributed by atoms with Crippen LogP contribution in [0.3, 0.4) is 0 Å². The fourth-order valence-corrected chi connectivity index (χ4v) is 0.793. The quantitative estimate of drug-likeness (QED) is 0.460. The maximum atomic E-state index is 10.8. The van der Waals surface area contributed by atoms with Crippen LogP contribution >= 0.6 is 0 Å². The van der Waals surface area contributed by atoms with E-state index in [2.05, 4.69) is 5.18 Å². The van der Waals surface area contributed by atoms with Crippen LogP contribution in [-0.2, 0) is 14.3 Å². The van der Waals surface area contributed by atoms with Gasteiger partial charge in [0.15, 0.2) is 0 Å². The first-order valence-corrected chi connectivity index (χ1v) is 5.23. The molecule has 0 aromatic rings. The highest BCUT2D eigenvalue weighted by Crippen LogP contribution is 2.01. The summed E-state index contributed by atoms with van der Waals surface area (Å²) in [7, 11) is 0. The Balaban J connectivity index is 3.73. The Hall–Kier alpha value is -0.970. The van der Waals surface area contributed by atoms with E-state index in [9.17, 15) is 9.70 Å². The van der Waals surface area contributed by atoms with Gasteiger partial charge in [-0.1, -0.05) is 19.0 Å². The van der Waals surface area contributed by atoms with Crippen LogP contribution in [0.5, 0.6) is 0 Å². The highest BCUT2D eigenvalue weighted by molar-refractivity contribution is 5.68. The lowest BCUT2D eigenvalue weighted by atomic mass is 10.3. The lowest BCUT2D eigenvalue weighted by molar-refractivity contribution is -0.144. The standard InChI is InChI=1S/C10H19NO4/c1-4-8(3)14-6-9(11-13)7-15-10(12)5-2/h8-9H,4-7H2,1-3H3. The van der Waals surface area contributed by atoms with E-state index in [0.29, 0.717) is 6.42 Å². The van der Waals surface area contributed by atoms with Gasteiger partial charge in [-0.25, -0.2) is 0 Å². The molecular weight excluding hydrogens is 198 g/mol. The third kappa shape index (κ3) is 7.02. The molecule has 5 heteroatoms. The minimum absolute atomic E-state index is 0.00656. The van der Waals surface area contributed by atoms with Crippen LogP contribution in [0.1, 0.15) is 33.6 Å². The number of hydrogen-bond acceptors (Lipinski definition) is 5. The second kappa shape index (κ2) is 8.35. The summed E-state index contributed by atoms with van der Waals surface area (Å²) in [6.45, 7) is 5.81. The number of hydrogen-bond donors (Lipinski definition) is 0. The monoisotopic (exact) mass is 217 g/mol. The zero-order valence-corrected chi connectivity index (χ0v) is 9.56. The molecule has 0 spiro atoms. The summed E-state index contributed by atoms with van der Waals surface area (Å²) in [6.07, 6.45) is 1.27. The molecule has 0 heterocycles. The van der Waals surface area contributed by atoms with Crippen LogP contribution < -0.4 is 0 Å². The van der Waals surface area contributed by atoms with Crippen molar-refractivity contribution in [3.8, 4) is 0 Å². The van der Waals surface area contributed by atoms with E-state index in [-0.39, 0.29) is 25.3 Å². The molecule has 0 rings (SSSR count). The maximum Gasteiger partial charge on any atom is 0.305 e. The number of esters is 1. The second-order valence-electron chi connectivity index (χ2n) is 3.35. The number of ether oxygens (including phenoxy) is 2. The van der Waals surface area contributed by atoms with Gasteiger partial charge in [0, 0.05) is 6.42 Å². The summed E-state index contributed by atoms with van der Waals surface area (Å²) < 4.78 is 10.1. The highest BCUT2D eigenvalue weighted by atomic mass is 16.5. The summed E-state index contributed by atoms with van der Waals surface area (Å²) in [5.74, 6) is -0.327. The van der Waals surface area contributed by atoms with Crippen molar-refractivity contribution < 1.29 is 14.3 Å². The Bertz CT molecular complexity index is 196. The van der Waals surface area contributed by atoms with Crippen molar-refractivity contribution in [3.63, 3.8) is 0 Å². The molecule has 0 saturated carbocycles. The minimum Gasteiger partial charge on any atom is -0.463 e. The van der Waals surface area contributed by atoms with Crippen molar-refractivity contribution >= 4 is 5.97 Å². The normalized spacial score (nSPS) is 14.3. The Morgan fingerprint density at radius 3 is 2.47 bits per heavy atom. The van der Waals surface area contributed by atoms with Crippen LogP contribution in [0, 0.1) is 4.91 Å². The highest BCUT2D eigenvalue weighted by Gasteiger charge is 2.13. The molecule has 0 aliphatic heterocycles. The van der Waals surface area contributed by atoms with Gasteiger partial charge in [0.2, 0.25) is 0 Å². The smallest absolute Gasteiger partial charge is 0.305 e. The zero-order valence-electron chi connectivity index (χ0n) is 9.56. The molecule has 2 unspecified atom stereocenters. The molecule has 0 aliphatic carbocycles. The Kier molecular flexibility index (Phi) is 7.81. The molecule has 0 radical (unpaired) electrons. The van der Waals surface area contributed by atoms with Crippen LogP contribution in [0.4, 0.5) is 0 Å². The maximum absolute atomic E-state index is 10.8. The van der Waals surface area contributed by atoms with Crippen molar-refractivity contribution in [1.29, 1.82) is 0 Å². The van der Waals surface area contributed by atoms with Gasteiger partial charge in [0.05, 0.1) is 12.7 Å². The summed E-state index contributed by atoms with van der Waals surface area (Å²) in [5, 5.41) is 2.85. The van der Waals surface area contributed by atoms with Crippen molar-refractivity contribution in [2.45, 2.75) is 45.8 Å². The molecule has 0 aromatic carbocycles. The molecule has 0 bridgehead atoms. The average molecular weight is 217 g/mol. The van der Waals surface area contributed by atoms with Gasteiger partial charge >= 0.3 is 5.97 Å². The van der Waals surface area contributed by atoms with E-state index < -0.39 is 6.04 Å². The topological polar surface area (TPSA) is 65.0 Å². The average Bonchev–Trinajstić information content (AvgIpc) is 2.28. The lowest BCUT2D eigenvalue weighted by Gasteiger charge is -2.14. The van der Waals surface area contributed by atoms with E-state index in [0.717, 1.165) is 6.42 Å². The van der Waals surface area contributed by atoms with Crippen molar-refractivity contribution in [2.75, 3.05) is 13.2 Å². The molecule has 88 valence electrons. The Morgan fingerprint density at radius 2 is 2.00 bits per heavy atom. The van der Waals surface area contributed by atoms with Gasteiger partial charge in [-0.3, -0.25) is 4.79 Å². The SMILES string of the molecule is CCC(=O)OCC(COC(C)CC)N=O. The van der Waals surface area contributed by atoms with Gasteiger partial charge < -0.3 is 9.47 Å². The minimum atomic E-state index is -0.602. The van der Waals surface area contributed by atoms with Crippen LogP contribution in [0.2, 0.25) is 0 Å². The summed E-state index contributed by atoms with van der Waals surface area (Å²) in [5.41, 5.74) is 0. The number of rotatable bonds is 8. The summed E-state index contributed by atoms with van der Waals surface area (Å²) in [6, 6.07) is -0.602. The van der Waals surface area contributed by atoms with E-state index in [1.165, 1.54) is 0 Å². The van der Waals surface area contributed by atoms with Crippen molar-refractivity contribution in [1.82, 2.24) is 0 Å². The lowest BCUT2D eigenvalue weighted by Crippen LogP contribution is -2.24. The number of nitroso groups, excluding NO2 is 1. The second-order valence-corrected chi connectivity index (χ2v) is 3.35. The molecule has 0 aliphatic rings. The van der Waals surface area contributed by atoms with Crippen molar-refractivity contribution in [2.24, 2.45) is 5.18 Å². The first-order valence-electron chi connectivity index (χ1n) is 5.23. The third-order valence-electron chi connectivity index (χ3n) is 2.02. The zero-order chi connectivity index (χ0) is 11.7. The van der Waals surface area contributed by atoms with Crippen LogP contribution in [-0.4, -0.2) is 31.3 Å². The Morgan fingerprint density at radius 1 is 1.33 bits per heavy atom. The molecule has 0 fully saturated rings. The summed E-state index contributed by atoms with van der Waals surface area (Å²) in [4.78, 5) is 21.2. The fourth-order valence-electron chi connectivity index (χ4n) is 0.793. The van der Waals surface area contributed by atoms with E-state index >= 15 is 0 Å². The largest absolute Gasteiger partial charge is 0.463 e. The third-order valence-corrected chi connectivity index (χ3v) is 2.02. The predicted molar refractivity (Wildman–Crippen MR) is 56.5 cm³/mol. The number of carbonyl (C=O) groups excluding carboxylic acids is 1. The van der Waals surface area contributed by atoms with Crippen molar-refractivity contribution in [3.05, 3.63) is 4.91 Å². The van der Waals surface area contributed by atoms with E-state index in [4.69, 9.17) is 9.47 Å². The predicted octanol–water partition coefficient (Wildman–Crippen LogP) is 1.89. The van der Waals surface area contributed by atoms with Crippen LogP contribution in [0.25, 0.3) is 0 Å². The Labute approximate surface area is 90.1 Å². The molecule has 0 amide bonds. The molecule has 0 aromatic heterocycles. The molecular formula is C10H19NO4. The van der Waals surface area contributed by atoms with E-state index in [1.807, 2.05) is 13.8 Å². The van der Waals surface area contributed by atoms with Gasteiger partial charge in [-0.2, -0.15) is 4.91 Å². The summed E-state index contributed by atoms with van der Waals surface area (Å²) >= 11 is 0. The fraction of sp³-hybridized carbons (Fsp3) is 0.900. The van der Waals surface area contributed by atoms with Gasteiger partial charge in [0.25, 0.3) is 0 Å². The molecule has 0 N–H and O–H groups in total. The molecule has 2 atom stereocenters. The van der Waals surface area contributed by atoms with Gasteiger partial charge in [-0.15, -0.1) is 0 Å². The van der Waals surface area contributed by atoms with E-state index in [1.54, 1.807) is 6.92 Å². The first kappa shape index (κ1) is 14.0. The van der Waals surface area contributed by atoms with Gasteiger partial charge in [0.1, 0.15) is 12.6 Å². The molecule has 0 saturated heterocycles. The first-order chi connectivity index (χ1) is 7.13. The molecule has 15 heavy (non-hydrogen) atoms. The number of nitrogens with zero attached hydrogens (tertiary/aromatic N) is 1.